The number of rotatable bonds is 4. The predicted octanol–water partition coefficient (Wildman–Crippen LogP) is 3.27. The summed E-state index contributed by atoms with van der Waals surface area (Å²) in [4.78, 5) is 12.4. The molecule has 0 radical (unpaired) electrons. The number of nitrogens with zero attached hydrogens (tertiary/aromatic N) is 2. The van der Waals surface area contributed by atoms with Crippen molar-refractivity contribution < 1.29 is 4.79 Å². The van der Waals surface area contributed by atoms with Gasteiger partial charge in [-0.05, 0) is 30.5 Å². The van der Waals surface area contributed by atoms with Crippen LogP contribution in [-0.2, 0) is 4.79 Å². The van der Waals surface area contributed by atoms with Gasteiger partial charge in [-0.2, -0.15) is 5.10 Å². The monoisotopic (exact) mass is 305 g/mol. The molecule has 1 aliphatic heterocycles. The molecule has 0 spiro atoms. The summed E-state index contributed by atoms with van der Waals surface area (Å²) in [5, 5.41) is 9.65. The van der Waals surface area contributed by atoms with E-state index in [1.54, 1.807) is 0 Å². The van der Waals surface area contributed by atoms with E-state index in [0.717, 1.165) is 18.5 Å². The molecule has 0 saturated heterocycles. The Bertz CT molecular complexity index is 723. The lowest BCUT2D eigenvalue weighted by Crippen LogP contribution is -2.31. The van der Waals surface area contributed by atoms with Gasteiger partial charge >= 0.3 is 0 Å². The maximum atomic E-state index is 12.4. The summed E-state index contributed by atoms with van der Waals surface area (Å²) in [5.74, 6) is -0.0214. The summed E-state index contributed by atoms with van der Waals surface area (Å²) in [6, 6.07) is 20.7. The molecule has 0 bridgehead atoms. The van der Waals surface area contributed by atoms with Crippen LogP contribution in [0.4, 0.5) is 5.69 Å². The predicted molar refractivity (Wildman–Crippen MR) is 91.3 cm³/mol. The molecule has 116 valence electrons. The highest BCUT2D eigenvalue weighted by atomic mass is 16.2. The van der Waals surface area contributed by atoms with E-state index >= 15 is 0 Å². The Hall–Kier alpha value is -2.62. The summed E-state index contributed by atoms with van der Waals surface area (Å²) in [5.41, 5.74) is 2.81. The maximum absolute atomic E-state index is 12.4. The standard InChI is InChI=1S/C19H19N3O/c23-19(20-15-11-12-15)17-13-18(14-7-3-1-4-8-14)22(21-17)16-9-5-2-6-10-16/h1-10,15,18H,11-13H2,(H,20,23)/t18-/m0/s1. The van der Waals surface area contributed by atoms with Crippen molar-refractivity contribution in [2.45, 2.75) is 31.3 Å². The fraction of sp³-hybridized carbons (Fsp3) is 0.263. The Balaban J connectivity index is 1.64. The second kappa shape index (κ2) is 5.88. The van der Waals surface area contributed by atoms with Crippen molar-refractivity contribution >= 4 is 17.3 Å². The number of para-hydroxylation sites is 1. The molecule has 2 aromatic rings. The van der Waals surface area contributed by atoms with Gasteiger partial charge in [0.05, 0.1) is 11.7 Å². The van der Waals surface area contributed by atoms with E-state index in [4.69, 9.17) is 0 Å². The molecule has 4 heteroatoms. The third-order valence-electron chi connectivity index (χ3n) is 4.29. The summed E-state index contributed by atoms with van der Waals surface area (Å²) >= 11 is 0. The van der Waals surface area contributed by atoms with E-state index < -0.39 is 0 Å². The van der Waals surface area contributed by atoms with Gasteiger partial charge in [-0.15, -0.1) is 0 Å². The molecular formula is C19H19N3O. The molecule has 1 heterocycles. The average molecular weight is 305 g/mol. The summed E-state index contributed by atoms with van der Waals surface area (Å²) in [6.07, 6.45) is 2.81. The molecule has 1 atom stereocenters. The third kappa shape index (κ3) is 2.97. The number of hydrogen-bond donors (Lipinski definition) is 1. The average Bonchev–Trinajstić information content (AvgIpc) is 3.30. The topological polar surface area (TPSA) is 44.7 Å². The van der Waals surface area contributed by atoms with Gasteiger partial charge in [-0.1, -0.05) is 48.5 Å². The summed E-state index contributed by atoms with van der Waals surface area (Å²) in [6.45, 7) is 0. The number of nitrogens with one attached hydrogen (secondary N) is 1. The van der Waals surface area contributed by atoms with Crippen molar-refractivity contribution in [1.29, 1.82) is 0 Å². The van der Waals surface area contributed by atoms with Gasteiger partial charge in [0, 0.05) is 12.5 Å². The molecule has 0 unspecified atom stereocenters. The quantitative estimate of drug-likeness (QED) is 0.942. The number of benzene rings is 2. The maximum Gasteiger partial charge on any atom is 0.267 e. The second-order valence-corrected chi connectivity index (χ2v) is 6.11. The lowest BCUT2D eigenvalue weighted by molar-refractivity contribution is -0.115. The van der Waals surface area contributed by atoms with Crippen LogP contribution in [0.25, 0.3) is 0 Å². The zero-order valence-electron chi connectivity index (χ0n) is 12.9. The number of carbonyl (C=O) groups is 1. The van der Waals surface area contributed by atoms with Crippen molar-refractivity contribution in [2.24, 2.45) is 5.10 Å². The van der Waals surface area contributed by atoms with Gasteiger partial charge in [-0.25, -0.2) is 0 Å². The lowest BCUT2D eigenvalue weighted by atomic mass is 10.0. The molecule has 1 fully saturated rings. The highest BCUT2D eigenvalue weighted by molar-refractivity contribution is 6.39. The molecule has 0 aromatic heterocycles. The van der Waals surface area contributed by atoms with E-state index in [0.29, 0.717) is 18.2 Å². The van der Waals surface area contributed by atoms with Crippen LogP contribution < -0.4 is 10.3 Å². The first-order valence-electron chi connectivity index (χ1n) is 8.09. The molecule has 2 aromatic carbocycles. The van der Waals surface area contributed by atoms with Gasteiger partial charge in [-0.3, -0.25) is 9.80 Å². The fourth-order valence-corrected chi connectivity index (χ4v) is 2.90. The van der Waals surface area contributed by atoms with Crippen LogP contribution in [-0.4, -0.2) is 17.7 Å². The fourth-order valence-electron chi connectivity index (χ4n) is 2.90. The van der Waals surface area contributed by atoms with E-state index in [9.17, 15) is 4.79 Å². The molecule has 1 N–H and O–H groups in total. The first-order chi connectivity index (χ1) is 11.3. The Morgan fingerprint density at radius 2 is 1.65 bits per heavy atom. The van der Waals surface area contributed by atoms with Crippen molar-refractivity contribution in [3.8, 4) is 0 Å². The highest BCUT2D eigenvalue weighted by Crippen LogP contribution is 2.35. The summed E-state index contributed by atoms with van der Waals surface area (Å²) < 4.78 is 0. The molecule has 1 saturated carbocycles. The first kappa shape index (κ1) is 14.0. The zero-order valence-corrected chi connectivity index (χ0v) is 12.9. The third-order valence-corrected chi connectivity index (χ3v) is 4.29. The van der Waals surface area contributed by atoms with Crippen LogP contribution in [0.15, 0.2) is 65.8 Å². The summed E-state index contributed by atoms with van der Waals surface area (Å²) in [7, 11) is 0. The SMILES string of the molecule is O=C(NC1CC1)C1=NN(c2ccccc2)[C@H](c2ccccc2)C1. The molecule has 4 rings (SSSR count). The lowest BCUT2D eigenvalue weighted by Gasteiger charge is -2.23. The molecular weight excluding hydrogens is 286 g/mol. The minimum atomic E-state index is -0.0214. The Morgan fingerprint density at radius 1 is 1.00 bits per heavy atom. The second-order valence-electron chi connectivity index (χ2n) is 6.11. The largest absolute Gasteiger partial charge is 0.348 e. The Morgan fingerprint density at radius 3 is 2.30 bits per heavy atom. The van der Waals surface area contributed by atoms with Crippen LogP contribution in [0.5, 0.6) is 0 Å². The normalized spacial score (nSPS) is 20.3. The Kier molecular flexibility index (Phi) is 3.58. The van der Waals surface area contributed by atoms with Crippen molar-refractivity contribution in [2.75, 3.05) is 5.01 Å². The highest BCUT2D eigenvalue weighted by Gasteiger charge is 2.34. The van der Waals surface area contributed by atoms with Gasteiger partial charge < -0.3 is 5.32 Å². The van der Waals surface area contributed by atoms with Gasteiger partial charge in [0.25, 0.3) is 5.91 Å². The number of hydrogen-bond acceptors (Lipinski definition) is 3. The van der Waals surface area contributed by atoms with Crippen LogP contribution >= 0.6 is 0 Å². The number of carbonyl (C=O) groups excluding carboxylic acids is 1. The van der Waals surface area contributed by atoms with Crippen molar-refractivity contribution in [1.82, 2.24) is 5.32 Å². The van der Waals surface area contributed by atoms with Crippen molar-refractivity contribution in [3.05, 3.63) is 66.2 Å². The van der Waals surface area contributed by atoms with Gasteiger partial charge in [0.1, 0.15) is 5.71 Å². The van der Waals surface area contributed by atoms with Gasteiger partial charge in [0.2, 0.25) is 0 Å². The Labute approximate surface area is 135 Å². The van der Waals surface area contributed by atoms with Crippen LogP contribution in [0.1, 0.15) is 30.9 Å². The van der Waals surface area contributed by atoms with E-state index in [1.807, 2.05) is 53.5 Å². The number of amides is 1. The molecule has 2 aliphatic rings. The van der Waals surface area contributed by atoms with Crippen LogP contribution in [0.2, 0.25) is 0 Å². The number of hydrazone groups is 1. The zero-order chi connectivity index (χ0) is 15.6. The minimum absolute atomic E-state index is 0.0214. The minimum Gasteiger partial charge on any atom is -0.348 e. The first-order valence-corrected chi connectivity index (χ1v) is 8.09. The van der Waals surface area contributed by atoms with E-state index in [2.05, 4.69) is 22.6 Å². The van der Waals surface area contributed by atoms with E-state index in [1.165, 1.54) is 5.56 Å². The number of anilines is 1. The van der Waals surface area contributed by atoms with E-state index in [-0.39, 0.29) is 11.9 Å². The van der Waals surface area contributed by atoms with Crippen molar-refractivity contribution in [3.63, 3.8) is 0 Å². The molecule has 1 amide bonds. The molecule has 1 aliphatic carbocycles. The molecule has 4 nitrogen and oxygen atoms in total. The molecule has 23 heavy (non-hydrogen) atoms. The van der Waals surface area contributed by atoms with Gasteiger partial charge in [0.15, 0.2) is 0 Å². The van der Waals surface area contributed by atoms with Crippen LogP contribution in [0, 0.1) is 0 Å². The van der Waals surface area contributed by atoms with Crippen LogP contribution in [0.3, 0.4) is 0 Å². The smallest absolute Gasteiger partial charge is 0.267 e.